The quantitative estimate of drug-likeness (QED) is 0.739. The number of halogens is 1. The lowest BCUT2D eigenvalue weighted by Gasteiger charge is -2.29. The highest BCUT2D eigenvalue weighted by Crippen LogP contribution is 2.28. The third-order valence-electron chi connectivity index (χ3n) is 2.86. The van der Waals surface area contributed by atoms with Gasteiger partial charge < -0.3 is 15.6 Å². The van der Waals surface area contributed by atoms with Crippen LogP contribution in [-0.4, -0.2) is 31.3 Å². The number of hydrogen-bond donors (Lipinski definition) is 2. The Balaban J connectivity index is 3.20. The molecule has 0 aliphatic carbocycles. The third-order valence-corrected chi connectivity index (χ3v) is 2.86. The molecule has 1 aromatic rings. The van der Waals surface area contributed by atoms with Crippen LogP contribution < -0.4 is 5.73 Å². The van der Waals surface area contributed by atoms with Crippen molar-refractivity contribution in [3.8, 4) is 0 Å². The Kier molecular flexibility index (Phi) is 4.60. The number of hydrogen-bond acceptors (Lipinski definition) is 4. The molecule has 0 saturated heterocycles. The lowest BCUT2D eigenvalue weighted by molar-refractivity contribution is -0.148. The number of rotatable bonds is 5. The molecule has 0 bridgehead atoms. The predicted octanol–water partition coefficient (Wildman–Crippen LogP) is 0.578. The average Bonchev–Trinajstić information content (AvgIpc) is 2.36. The van der Waals surface area contributed by atoms with Gasteiger partial charge in [-0.25, -0.2) is 4.39 Å². The van der Waals surface area contributed by atoms with Crippen molar-refractivity contribution in [1.82, 2.24) is 0 Å². The standard InChI is InChI=1S/C12H16FNO3/c1-17-11(16)12(8-14,6-7-15)9-2-4-10(13)5-3-9/h2-5,15H,6-8,14H2,1H3. The van der Waals surface area contributed by atoms with E-state index in [1.165, 1.54) is 31.4 Å². The van der Waals surface area contributed by atoms with E-state index < -0.39 is 17.2 Å². The van der Waals surface area contributed by atoms with Crippen molar-refractivity contribution in [3.63, 3.8) is 0 Å². The third kappa shape index (κ3) is 2.62. The van der Waals surface area contributed by atoms with Gasteiger partial charge >= 0.3 is 5.97 Å². The molecule has 5 heteroatoms. The first kappa shape index (κ1) is 13.6. The van der Waals surface area contributed by atoms with Crippen LogP contribution in [-0.2, 0) is 14.9 Å². The lowest BCUT2D eigenvalue weighted by atomic mass is 9.78. The molecule has 0 fully saturated rings. The Labute approximate surface area is 99.2 Å². The number of methoxy groups -OCH3 is 1. The van der Waals surface area contributed by atoms with Gasteiger partial charge in [0.05, 0.1) is 7.11 Å². The van der Waals surface area contributed by atoms with Crippen molar-refractivity contribution in [1.29, 1.82) is 0 Å². The van der Waals surface area contributed by atoms with Crippen LogP contribution in [0.5, 0.6) is 0 Å². The fourth-order valence-corrected chi connectivity index (χ4v) is 1.82. The molecule has 1 atom stereocenters. The molecule has 4 nitrogen and oxygen atoms in total. The highest BCUT2D eigenvalue weighted by Gasteiger charge is 2.39. The molecule has 0 spiro atoms. The number of nitrogens with two attached hydrogens (primary N) is 1. The van der Waals surface area contributed by atoms with Gasteiger partial charge in [0.15, 0.2) is 0 Å². The molecule has 1 rings (SSSR count). The molecule has 1 aromatic carbocycles. The van der Waals surface area contributed by atoms with Gasteiger partial charge in [0.2, 0.25) is 0 Å². The summed E-state index contributed by atoms with van der Waals surface area (Å²) in [5.41, 5.74) is 5.06. The highest BCUT2D eigenvalue weighted by molar-refractivity contribution is 5.83. The van der Waals surface area contributed by atoms with Crippen molar-refractivity contribution in [2.24, 2.45) is 5.73 Å². The first-order chi connectivity index (χ1) is 8.10. The topological polar surface area (TPSA) is 72.5 Å². The second-order valence-corrected chi connectivity index (χ2v) is 3.76. The molecule has 0 heterocycles. The number of carbonyl (C=O) groups is 1. The molecular weight excluding hydrogens is 225 g/mol. The van der Waals surface area contributed by atoms with Gasteiger partial charge in [-0.3, -0.25) is 4.79 Å². The Bertz CT molecular complexity index is 380. The van der Waals surface area contributed by atoms with E-state index >= 15 is 0 Å². The van der Waals surface area contributed by atoms with Gasteiger partial charge in [-0.1, -0.05) is 12.1 Å². The van der Waals surface area contributed by atoms with Crippen molar-refractivity contribution in [2.75, 3.05) is 20.3 Å². The largest absolute Gasteiger partial charge is 0.468 e. The van der Waals surface area contributed by atoms with E-state index in [1.54, 1.807) is 0 Å². The van der Waals surface area contributed by atoms with Gasteiger partial charge in [-0.15, -0.1) is 0 Å². The molecule has 0 saturated carbocycles. The number of ether oxygens (including phenoxy) is 1. The van der Waals surface area contributed by atoms with Gasteiger partial charge in [0, 0.05) is 13.2 Å². The van der Waals surface area contributed by atoms with Crippen LogP contribution in [0.1, 0.15) is 12.0 Å². The summed E-state index contributed by atoms with van der Waals surface area (Å²) >= 11 is 0. The summed E-state index contributed by atoms with van der Waals surface area (Å²) in [5, 5.41) is 9.06. The summed E-state index contributed by atoms with van der Waals surface area (Å²) in [6.07, 6.45) is 0.141. The van der Waals surface area contributed by atoms with Gasteiger partial charge in [0.1, 0.15) is 11.2 Å². The maximum absolute atomic E-state index is 12.9. The second kappa shape index (κ2) is 5.75. The SMILES string of the molecule is COC(=O)C(CN)(CCO)c1ccc(F)cc1. The fraction of sp³-hybridized carbons (Fsp3) is 0.417. The van der Waals surface area contributed by atoms with Crippen LogP contribution in [0.25, 0.3) is 0 Å². The Hall–Kier alpha value is -1.46. The van der Waals surface area contributed by atoms with Crippen molar-refractivity contribution in [2.45, 2.75) is 11.8 Å². The molecule has 0 radical (unpaired) electrons. The molecule has 94 valence electrons. The number of carbonyl (C=O) groups excluding carboxylic acids is 1. The minimum Gasteiger partial charge on any atom is -0.468 e. The molecule has 3 N–H and O–H groups in total. The van der Waals surface area contributed by atoms with E-state index in [0.29, 0.717) is 5.56 Å². The van der Waals surface area contributed by atoms with Crippen molar-refractivity contribution < 1.29 is 19.0 Å². The van der Waals surface area contributed by atoms with Crippen LogP contribution in [0.4, 0.5) is 4.39 Å². The molecule has 0 aliphatic rings. The molecular formula is C12H16FNO3. The molecule has 17 heavy (non-hydrogen) atoms. The maximum Gasteiger partial charge on any atom is 0.317 e. The maximum atomic E-state index is 12.9. The Morgan fingerprint density at radius 2 is 2.06 bits per heavy atom. The number of benzene rings is 1. The van der Waals surface area contributed by atoms with Gasteiger partial charge in [-0.2, -0.15) is 0 Å². The summed E-state index contributed by atoms with van der Waals surface area (Å²) in [4.78, 5) is 11.8. The number of esters is 1. The summed E-state index contributed by atoms with van der Waals surface area (Å²) in [5.74, 6) is -0.922. The van der Waals surface area contributed by atoms with Crippen molar-refractivity contribution >= 4 is 5.97 Å². The number of aliphatic hydroxyl groups excluding tert-OH is 1. The zero-order chi connectivity index (χ0) is 12.9. The van der Waals surface area contributed by atoms with E-state index in [1.807, 2.05) is 0 Å². The second-order valence-electron chi connectivity index (χ2n) is 3.76. The van der Waals surface area contributed by atoms with E-state index in [9.17, 15) is 9.18 Å². The van der Waals surface area contributed by atoms with E-state index in [2.05, 4.69) is 0 Å². The van der Waals surface area contributed by atoms with Crippen LogP contribution in [0, 0.1) is 5.82 Å². The van der Waals surface area contributed by atoms with E-state index in [0.717, 1.165) is 0 Å². The fourth-order valence-electron chi connectivity index (χ4n) is 1.82. The monoisotopic (exact) mass is 241 g/mol. The lowest BCUT2D eigenvalue weighted by Crippen LogP contribution is -2.44. The first-order valence-electron chi connectivity index (χ1n) is 5.26. The molecule has 0 aliphatic heterocycles. The van der Waals surface area contributed by atoms with Crippen LogP contribution in [0.15, 0.2) is 24.3 Å². The van der Waals surface area contributed by atoms with Gasteiger partial charge in [-0.05, 0) is 24.1 Å². The van der Waals surface area contributed by atoms with E-state index in [-0.39, 0.29) is 19.6 Å². The Morgan fingerprint density at radius 3 is 2.47 bits per heavy atom. The highest BCUT2D eigenvalue weighted by atomic mass is 19.1. The summed E-state index contributed by atoms with van der Waals surface area (Å²) in [6.45, 7) is -0.213. The van der Waals surface area contributed by atoms with E-state index in [4.69, 9.17) is 15.6 Å². The van der Waals surface area contributed by atoms with Crippen molar-refractivity contribution in [3.05, 3.63) is 35.6 Å². The summed E-state index contributed by atoms with van der Waals surface area (Å²) in [7, 11) is 1.26. The minimum absolute atomic E-state index is 0.00807. The van der Waals surface area contributed by atoms with Crippen LogP contribution >= 0.6 is 0 Å². The Morgan fingerprint density at radius 1 is 1.47 bits per heavy atom. The normalized spacial score (nSPS) is 14.1. The van der Waals surface area contributed by atoms with Gasteiger partial charge in [0.25, 0.3) is 0 Å². The molecule has 1 unspecified atom stereocenters. The van der Waals surface area contributed by atoms with Crippen LogP contribution in [0.3, 0.4) is 0 Å². The predicted molar refractivity (Wildman–Crippen MR) is 60.9 cm³/mol. The molecule has 0 amide bonds. The number of aliphatic hydroxyl groups is 1. The smallest absolute Gasteiger partial charge is 0.317 e. The summed E-state index contributed by atoms with van der Waals surface area (Å²) in [6, 6.07) is 5.46. The zero-order valence-corrected chi connectivity index (χ0v) is 9.65. The minimum atomic E-state index is -1.11. The van der Waals surface area contributed by atoms with Crippen LogP contribution in [0.2, 0.25) is 0 Å². The average molecular weight is 241 g/mol. The summed E-state index contributed by atoms with van der Waals surface area (Å²) < 4.78 is 17.6. The zero-order valence-electron chi connectivity index (χ0n) is 9.65. The molecule has 0 aromatic heterocycles. The first-order valence-corrected chi connectivity index (χ1v) is 5.26.